The van der Waals surface area contributed by atoms with Crippen molar-refractivity contribution in [1.29, 1.82) is 0 Å². The fraction of sp³-hybridized carbons (Fsp3) is 0.0625. The van der Waals surface area contributed by atoms with Gasteiger partial charge in [-0.15, -0.1) is 0 Å². The zero-order valence-corrected chi connectivity index (χ0v) is 22.3. The van der Waals surface area contributed by atoms with Crippen LogP contribution in [0.4, 0.5) is 0 Å². The predicted octanol–water partition coefficient (Wildman–Crippen LogP) is 8.07. The number of rotatable bonds is 9. The fourth-order valence-electron chi connectivity index (χ4n) is 3.98. The van der Waals surface area contributed by atoms with E-state index in [4.69, 9.17) is 32.7 Å². The highest BCUT2D eigenvalue weighted by molar-refractivity contribution is 6.31. The van der Waals surface area contributed by atoms with E-state index in [1.165, 1.54) is 0 Å². The Balaban J connectivity index is 1.26. The number of hydrazone groups is 1. The van der Waals surface area contributed by atoms with E-state index < -0.39 is 0 Å². The second-order valence-electron chi connectivity index (χ2n) is 8.72. The van der Waals surface area contributed by atoms with Crippen LogP contribution in [0, 0.1) is 0 Å². The summed E-state index contributed by atoms with van der Waals surface area (Å²) in [7, 11) is 0. The third kappa shape index (κ3) is 6.77. The molecule has 0 heterocycles. The van der Waals surface area contributed by atoms with Crippen molar-refractivity contribution in [2.45, 2.75) is 13.2 Å². The number of nitrogens with zero attached hydrogens (tertiary/aromatic N) is 1. The molecule has 1 N–H and O–H groups in total. The first-order valence-corrected chi connectivity index (χ1v) is 13.0. The molecule has 5 rings (SSSR count). The molecule has 0 aliphatic heterocycles. The van der Waals surface area contributed by atoms with E-state index in [0.29, 0.717) is 34.6 Å². The Labute approximate surface area is 236 Å². The van der Waals surface area contributed by atoms with Crippen molar-refractivity contribution in [1.82, 2.24) is 5.43 Å². The second-order valence-corrected chi connectivity index (χ2v) is 9.56. The van der Waals surface area contributed by atoms with Gasteiger partial charge in [0.25, 0.3) is 5.91 Å². The fourth-order valence-corrected chi connectivity index (χ4v) is 4.29. The summed E-state index contributed by atoms with van der Waals surface area (Å²) in [6.45, 7) is 0.680. The molecule has 1 amide bonds. The van der Waals surface area contributed by atoms with Crippen LogP contribution >= 0.6 is 23.2 Å². The van der Waals surface area contributed by atoms with Gasteiger partial charge in [0.1, 0.15) is 24.7 Å². The van der Waals surface area contributed by atoms with E-state index in [1.54, 1.807) is 30.5 Å². The van der Waals surface area contributed by atoms with Gasteiger partial charge >= 0.3 is 0 Å². The minimum Gasteiger partial charge on any atom is -0.489 e. The Morgan fingerprint density at radius 1 is 0.769 bits per heavy atom. The normalized spacial score (nSPS) is 11.0. The maximum Gasteiger partial charge on any atom is 0.271 e. The molecule has 0 spiro atoms. The molecular formula is C32H24Cl2N2O3. The number of benzene rings is 5. The van der Waals surface area contributed by atoms with E-state index in [-0.39, 0.29) is 5.91 Å². The molecule has 0 unspecified atom stereocenters. The Bertz CT molecular complexity index is 1620. The van der Waals surface area contributed by atoms with Crippen molar-refractivity contribution in [3.63, 3.8) is 0 Å². The molecule has 0 atom stereocenters. The number of halogens is 2. The van der Waals surface area contributed by atoms with Gasteiger partial charge in [-0.05, 0) is 64.9 Å². The van der Waals surface area contributed by atoms with Crippen LogP contribution in [0.2, 0.25) is 10.0 Å². The SMILES string of the molecule is O=C(N/N=C/c1c(OCc2ccccc2Cl)ccc2ccccc12)c1ccc(COc2ccc(Cl)cc2)cc1. The smallest absolute Gasteiger partial charge is 0.271 e. The Morgan fingerprint density at radius 2 is 1.51 bits per heavy atom. The molecule has 5 nitrogen and oxygen atoms in total. The largest absolute Gasteiger partial charge is 0.489 e. The highest BCUT2D eigenvalue weighted by Crippen LogP contribution is 2.28. The molecule has 0 radical (unpaired) electrons. The van der Waals surface area contributed by atoms with Crippen LogP contribution in [0.5, 0.6) is 11.5 Å². The van der Waals surface area contributed by atoms with Crippen molar-refractivity contribution in [3.8, 4) is 11.5 Å². The van der Waals surface area contributed by atoms with Crippen molar-refractivity contribution in [2.24, 2.45) is 5.10 Å². The molecule has 0 fully saturated rings. The van der Waals surface area contributed by atoms with Crippen LogP contribution in [0.3, 0.4) is 0 Å². The summed E-state index contributed by atoms with van der Waals surface area (Å²) in [6.07, 6.45) is 1.61. The van der Waals surface area contributed by atoms with Crippen LogP contribution in [0.15, 0.2) is 114 Å². The summed E-state index contributed by atoms with van der Waals surface area (Å²) < 4.78 is 11.9. The first-order chi connectivity index (χ1) is 19.1. The number of nitrogens with one attached hydrogen (secondary N) is 1. The van der Waals surface area contributed by atoms with Crippen molar-refractivity contribution in [2.75, 3.05) is 0 Å². The third-order valence-electron chi connectivity index (χ3n) is 6.07. The zero-order chi connectivity index (χ0) is 27.0. The molecule has 0 aliphatic carbocycles. The topological polar surface area (TPSA) is 59.9 Å². The van der Waals surface area contributed by atoms with E-state index in [2.05, 4.69) is 10.5 Å². The lowest BCUT2D eigenvalue weighted by molar-refractivity contribution is 0.0955. The molecule has 0 bridgehead atoms. The molecule has 0 aliphatic rings. The lowest BCUT2D eigenvalue weighted by Crippen LogP contribution is -2.17. The number of hydrogen-bond acceptors (Lipinski definition) is 4. The Morgan fingerprint density at radius 3 is 2.31 bits per heavy atom. The van der Waals surface area contributed by atoms with Crippen molar-refractivity contribution >= 4 is 46.1 Å². The van der Waals surface area contributed by atoms with Gasteiger partial charge < -0.3 is 9.47 Å². The minimum atomic E-state index is -0.324. The molecule has 5 aromatic carbocycles. The highest BCUT2D eigenvalue weighted by atomic mass is 35.5. The van der Waals surface area contributed by atoms with Gasteiger partial charge in [0.2, 0.25) is 0 Å². The summed E-state index contributed by atoms with van der Waals surface area (Å²) in [4.78, 5) is 12.7. The van der Waals surface area contributed by atoms with Gasteiger partial charge in [0, 0.05) is 26.7 Å². The number of amides is 1. The number of fused-ring (bicyclic) bond motifs is 1. The first kappa shape index (κ1) is 26.3. The van der Waals surface area contributed by atoms with Crippen LogP contribution in [0.1, 0.15) is 27.0 Å². The lowest BCUT2D eigenvalue weighted by atomic mass is 10.0. The maximum absolute atomic E-state index is 12.7. The lowest BCUT2D eigenvalue weighted by Gasteiger charge is -2.12. The first-order valence-electron chi connectivity index (χ1n) is 12.3. The predicted molar refractivity (Wildman–Crippen MR) is 157 cm³/mol. The summed E-state index contributed by atoms with van der Waals surface area (Å²) >= 11 is 12.2. The number of ether oxygens (including phenoxy) is 2. The van der Waals surface area contributed by atoms with Crippen LogP contribution < -0.4 is 14.9 Å². The molecular weight excluding hydrogens is 531 g/mol. The van der Waals surface area contributed by atoms with Crippen LogP contribution in [-0.2, 0) is 13.2 Å². The molecule has 0 saturated heterocycles. The standard InChI is InChI=1S/C32H24Cl2N2O3/c33-26-14-16-27(17-15-26)38-20-22-9-11-24(12-10-22)32(37)36-35-19-29-28-7-3-1-5-23(28)13-18-31(29)39-21-25-6-2-4-8-30(25)34/h1-19H,20-21H2,(H,36,37)/b35-19+. The summed E-state index contributed by atoms with van der Waals surface area (Å²) in [5.41, 5.74) is 5.67. The molecule has 0 aromatic heterocycles. The summed E-state index contributed by atoms with van der Waals surface area (Å²) in [5, 5.41) is 7.53. The third-order valence-corrected chi connectivity index (χ3v) is 6.69. The second kappa shape index (κ2) is 12.5. The van der Waals surface area contributed by atoms with Crippen LogP contribution in [-0.4, -0.2) is 12.1 Å². The molecule has 5 aromatic rings. The number of carbonyl (C=O) groups is 1. The Hall–Kier alpha value is -4.32. The maximum atomic E-state index is 12.7. The average Bonchev–Trinajstić information content (AvgIpc) is 2.97. The Kier molecular flexibility index (Phi) is 8.42. The van der Waals surface area contributed by atoms with E-state index in [1.807, 2.05) is 84.9 Å². The zero-order valence-electron chi connectivity index (χ0n) is 20.8. The highest BCUT2D eigenvalue weighted by Gasteiger charge is 2.10. The molecule has 39 heavy (non-hydrogen) atoms. The number of hydrogen-bond donors (Lipinski definition) is 1. The summed E-state index contributed by atoms with van der Waals surface area (Å²) in [5.74, 6) is 1.03. The number of carbonyl (C=O) groups excluding carboxylic acids is 1. The van der Waals surface area contributed by atoms with Gasteiger partial charge in [-0.1, -0.05) is 83.9 Å². The minimum absolute atomic E-state index is 0.305. The van der Waals surface area contributed by atoms with Gasteiger partial charge in [0.15, 0.2) is 0 Å². The molecule has 194 valence electrons. The van der Waals surface area contributed by atoms with Gasteiger partial charge in [0.05, 0.1) is 6.21 Å². The summed E-state index contributed by atoms with van der Waals surface area (Å²) in [6, 6.07) is 33.7. The van der Waals surface area contributed by atoms with E-state index >= 15 is 0 Å². The molecule has 0 saturated carbocycles. The van der Waals surface area contributed by atoms with Gasteiger partial charge in [-0.2, -0.15) is 5.10 Å². The average molecular weight is 555 g/mol. The van der Waals surface area contributed by atoms with Crippen molar-refractivity contribution < 1.29 is 14.3 Å². The van der Waals surface area contributed by atoms with Crippen molar-refractivity contribution in [3.05, 3.63) is 141 Å². The molecule has 7 heteroatoms. The van der Waals surface area contributed by atoms with E-state index in [9.17, 15) is 4.79 Å². The van der Waals surface area contributed by atoms with Gasteiger partial charge in [-0.3, -0.25) is 4.79 Å². The van der Waals surface area contributed by atoms with Crippen LogP contribution in [0.25, 0.3) is 10.8 Å². The monoisotopic (exact) mass is 554 g/mol. The quantitative estimate of drug-likeness (QED) is 0.148. The van der Waals surface area contributed by atoms with E-state index in [0.717, 1.165) is 33.2 Å². The van der Waals surface area contributed by atoms with Gasteiger partial charge in [-0.25, -0.2) is 5.43 Å².